The number of nitrogens with one attached hydrogen (secondary N) is 1. The highest BCUT2D eigenvalue weighted by molar-refractivity contribution is 9.10. The van der Waals surface area contributed by atoms with Crippen LogP contribution >= 0.6 is 15.9 Å². The lowest BCUT2D eigenvalue weighted by atomic mass is 10.2. The van der Waals surface area contributed by atoms with Crippen molar-refractivity contribution in [1.82, 2.24) is 10.3 Å². The van der Waals surface area contributed by atoms with E-state index in [1.54, 1.807) is 13.1 Å². The molecule has 0 bridgehead atoms. The topological polar surface area (TPSA) is 42.0 Å². The molecule has 1 amide bonds. The molecule has 14 heavy (non-hydrogen) atoms. The van der Waals surface area contributed by atoms with Crippen LogP contribution in [0.15, 0.2) is 24.4 Å². The summed E-state index contributed by atoms with van der Waals surface area (Å²) in [6, 6.07) is 5.60. The molecule has 0 saturated heterocycles. The molecule has 0 radical (unpaired) electrons. The van der Waals surface area contributed by atoms with Gasteiger partial charge in [-0.05, 0) is 26.0 Å². The zero-order valence-electron chi connectivity index (χ0n) is 8.20. The zero-order chi connectivity index (χ0) is 10.6. The third kappa shape index (κ3) is 3.10. The number of amides is 1. The van der Waals surface area contributed by atoms with Gasteiger partial charge in [-0.15, -0.1) is 0 Å². The summed E-state index contributed by atoms with van der Waals surface area (Å²) in [5.74, 6) is -0.0249. The van der Waals surface area contributed by atoms with E-state index in [1.807, 2.05) is 25.1 Å². The minimum absolute atomic E-state index is 0.0249. The first-order valence-electron chi connectivity index (χ1n) is 4.46. The molecule has 76 valence electrons. The van der Waals surface area contributed by atoms with Gasteiger partial charge in [0.1, 0.15) is 0 Å². The van der Waals surface area contributed by atoms with Crippen LogP contribution in [0.5, 0.6) is 0 Å². The van der Waals surface area contributed by atoms with Gasteiger partial charge in [-0.3, -0.25) is 9.78 Å². The van der Waals surface area contributed by atoms with Crippen LogP contribution in [-0.2, 0) is 4.79 Å². The van der Waals surface area contributed by atoms with Crippen LogP contribution < -0.4 is 5.32 Å². The van der Waals surface area contributed by atoms with Crippen molar-refractivity contribution in [1.29, 1.82) is 0 Å². The second-order valence-electron chi connectivity index (χ2n) is 3.10. The smallest absolute Gasteiger partial charge is 0.234 e. The van der Waals surface area contributed by atoms with Gasteiger partial charge in [0, 0.05) is 6.20 Å². The Bertz CT molecular complexity index is 300. The molecule has 2 atom stereocenters. The summed E-state index contributed by atoms with van der Waals surface area (Å²) >= 11 is 3.21. The maximum absolute atomic E-state index is 11.3. The van der Waals surface area contributed by atoms with Crippen LogP contribution in [0.3, 0.4) is 0 Å². The Morgan fingerprint density at radius 2 is 2.21 bits per heavy atom. The van der Waals surface area contributed by atoms with E-state index in [-0.39, 0.29) is 16.8 Å². The van der Waals surface area contributed by atoms with Crippen LogP contribution in [-0.4, -0.2) is 15.7 Å². The summed E-state index contributed by atoms with van der Waals surface area (Å²) < 4.78 is 0. The third-order valence-electron chi connectivity index (χ3n) is 1.85. The van der Waals surface area contributed by atoms with Gasteiger partial charge in [-0.2, -0.15) is 0 Å². The maximum Gasteiger partial charge on any atom is 0.234 e. The fraction of sp³-hybridized carbons (Fsp3) is 0.400. The number of carbonyl (C=O) groups is 1. The average Bonchev–Trinajstić information content (AvgIpc) is 2.19. The number of aromatic nitrogens is 1. The molecular weight excluding hydrogens is 244 g/mol. The fourth-order valence-electron chi connectivity index (χ4n) is 1.03. The molecule has 0 aliphatic rings. The van der Waals surface area contributed by atoms with E-state index in [1.165, 1.54) is 0 Å². The molecule has 0 saturated carbocycles. The van der Waals surface area contributed by atoms with Gasteiger partial charge < -0.3 is 5.32 Å². The standard InChI is InChI=1S/C10H13BrN2O/c1-7(11)10(14)13-8(2)9-5-3-4-6-12-9/h3-8H,1-2H3,(H,13,14)/t7?,8-/m0/s1. The van der Waals surface area contributed by atoms with Crippen LogP contribution in [0.2, 0.25) is 0 Å². The normalized spacial score (nSPS) is 14.5. The van der Waals surface area contributed by atoms with Gasteiger partial charge in [-0.25, -0.2) is 0 Å². The van der Waals surface area contributed by atoms with Gasteiger partial charge in [0.15, 0.2) is 0 Å². The Balaban J connectivity index is 2.59. The molecule has 1 aromatic heterocycles. The molecule has 1 aromatic rings. The Morgan fingerprint density at radius 3 is 2.71 bits per heavy atom. The molecule has 1 N–H and O–H groups in total. The van der Waals surface area contributed by atoms with Crippen molar-refractivity contribution < 1.29 is 4.79 Å². The summed E-state index contributed by atoms with van der Waals surface area (Å²) in [5, 5.41) is 2.85. The number of carbonyl (C=O) groups excluding carboxylic acids is 1. The lowest BCUT2D eigenvalue weighted by Crippen LogP contribution is -2.32. The summed E-state index contributed by atoms with van der Waals surface area (Å²) in [4.78, 5) is 15.3. The zero-order valence-corrected chi connectivity index (χ0v) is 9.78. The summed E-state index contributed by atoms with van der Waals surface area (Å²) in [7, 11) is 0. The van der Waals surface area contributed by atoms with Crippen LogP contribution in [0.4, 0.5) is 0 Å². The predicted molar refractivity (Wildman–Crippen MR) is 59.2 cm³/mol. The molecule has 0 aromatic carbocycles. The second kappa shape index (κ2) is 5.10. The van der Waals surface area contributed by atoms with Gasteiger partial charge in [0.05, 0.1) is 16.6 Å². The number of hydrogen-bond donors (Lipinski definition) is 1. The van der Waals surface area contributed by atoms with E-state index >= 15 is 0 Å². The van der Waals surface area contributed by atoms with E-state index in [0.717, 1.165) is 5.69 Å². The van der Waals surface area contributed by atoms with Crippen LogP contribution in [0.25, 0.3) is 0 Å². The van der Waals surface area contributed by atoms with Gasteiger partial charge >= 0.3 is 0 Å². The molecule has 1 rings (SSSR count). The van der Waals surface area contributed by atoms with E-state index in [0.29, 0.717) is 0 Å². The van der Waals surface area contributed by atoms with Crippen molar-refractivity contribution in [2.45, 2.75) is 24.7 Å². The molecule has 0 spiro atoms. The highest BCUT2D eigenvalue weighted by Crippen LogP contribution is 2.09. The predicted octanol–water partition coefficient (Wildman–Crippen LogP) is 2.04. The number of nitrogens with zero attached hydrogens (tertiary/aromatic N) is 1. The average molecular weight is 257 g/mol. The number of alkyl halides is 1. The number of rotatable bonds is 3. The molecule has 0 aliphatic carbocycles. The van der Waals surface area contributed by atoms with Crippen molar-refractivity contribution in [2.24, 2.45) is 0 Å². The Labute approximate surface area is 92.1 Å². The maximum atomic E-state index is 11.3. The van der Waals surface area contributed by atoms with Gasteiger partial charge in [0.2, 0.25) is 5.91 Å². The van der Waals surface area contributed by atoms with Gasteiger partial charge in [0.25, 0.3) is 0 Å². The first-order valence-corrected chi connectivity index (χ1v) is 5.38. The van der Waals surface area contributed by atoms with Crippen molar-refractivity contribution in [3.63, 3.8) is 0 Å². The summed E-state index contributed by atoms with van der Waals surface area (Å²) in [5.41, 5.74) is 0.869. The minimum Gasteiger partial charge on any atom is -0.347 e. The minimum atomic E-state index is -0.173. The SMILES string of the molecule is CC(Br)C(=O)N[C@@H](C)c1ccccn1. The highest BCUT2D eigenvalue weighted by atomic mass is 79.9. The number of pyridine rings is 1. The van der Waals surface area contributed by atoms with Crippen molar-refractivity contribution in [3.05, 3.63) is 30.1 Å². The quantitative estimate of drug-likeness (QED) is 0.842. The second-order valence-corrected chi connectivity index (χ2v) is 4.47. The Morgan fingerprint density at radius 1 is 1.50 bits per heavy atom. The van der Waals surface area contributed by atoms with Gasteiger partial charge in [-0.1, -0.05) is 22.0 Å². The molecule has 4 heteroatoms. The highest BCUT2D eigenvalue weighted by Gasteiger charge is 2.13. The first kappa shape index (κ1) is 11.2. The number of halogens is 1. The van der Waals surface area contributed by atoms with Crippen molar-refractivity contribution in [3.8, 4) is 0 Å². The van der Waals surface area contributed by atoms with E-state index < -0.39 is 0 Å². The lowest BCUT2D eigenvalue weighted by Gasteiger charge is -2.14. The molecule has 3 nitrogen and oxygen atoms in total. The van der Waals surface area contributed by atoms with Crippen molar-refractivity contribution in [2.75, 3.05) is 0 Å². The van der Waals surface area contributed by atoms with Crippen LogP contribution in [0, 0.1) is 0 Å². The van der Waals surface area contributed by atoms with E-state index in [9.17, 15) is 4.79 Å². The van der Waals surface area contributed by atoms with E-state index in [4.69, 9.17) is 0 Å². The Kier molecular flexibility index (Phi) is 4.07. The number of hydrogen-bond acceptors (Lipinski definition) is 2. The monoisotopic (exact) mass is 256 g/mol. The molecular formula is C10H13BrN2O. The molecule has 0 aliphatic heterocycles. The largest absolute Gasteiger partial charge is 0.347 e. The first-order chi connectivity index (χ1) is 6.61. The molecule has 0 fully saturated rings. The third-order valence-corrected chi connectivity index (χ3v) is 2.27. The lowest BCUT2D eigenvalue weighted by molar-refractivity contribution is -0.120. The summed E-state index contributed by atoms with van der Waals surface area (Å²) in [6.07, 6.45) is 1.72. The van der Waals surface area contributed by atoms with E-state index in [2.05, 4.69) is 26.2 Å². The fourth-order valence-corrected chi connectivity index (χ4v) is 1.17. The van der Waals surface area contributed by atoms with Crippen molar-refractivity contribution >= 4 is 21.8 Å². The van der Waals surface area contributed by atoms with Crippen LogP contribution in [0.1, 0.15) is 25.6 Å². The Hall–Kier alpha value is -0.900. The molecule has 1 unspecified atom stereocenters. The molecule has 1 heterocycles. The summed E-state index contributed by atoms with van der Waals surface area (Å²) in [6.45, 7) is 3.70.